The minimum Gasteiger partial charge on any atom is -0.480 e. The smallest absolute Gasteiger partial charge is 0.320 e. The minimum atomic E-state index is -0.872. The zero-order valence-electron chi connectivity index (χ0n) is 14.8. The first-order valence-corrected chi connectivity index (χ1v) is 7.96. The van der Waals surface area contributed by atoms with Gasteiger partial charge in [0.2, 0.25) is 5.91 Å². The molecule has 2 unspecified atom stereocenters. The average molecular weight is 330 g/mol. The van der Waals surface area contributed by atoms with E-state index in [1.54, 1.807) is 34.7 Å². The molecule has 0 aliphatic carbocycles. The average Bonchev–Trinajstić information content (AvgIpc) is 2.40. The third kappa shape index (κ3) is 10.7. The van der Waals surface area contributed by atoms with E-state index >= 15 is 0 Å². The lowest BCUT2D eigenvalue weighted by Gasteiger charge is -2.22. The lowest BCUT2D eigenvalue weighted by Crippen LogP contribution is -2.34. The number of nitrogens with one attached hydrogen (secondary N) is 2. The summed E-state index contributed by atoms with van der Waals surface area (Å²) in [5, 5.41) is 14.3. The molecule has 0 aromatic carbocycles. The van der Waals surface area contributed by atoms with E-state index in [1.807, 2.05) is 0 Å². The molecule has 0 heterocycles. The van der Waals surface area contributed by atoms with Crippen LogP contribution in [-0.2, 0) is 19.1 Å². The summed E-state index contributed by atoms with van der Waals surface area (Å²) in [6.45, 7) is 7.49. The Morgan fingerprint density at radius 1 is 1.17 bits per heavy atom. The number of hydrogen-bond donors (Lipinski definition) is 3. The largest absolute Gasteiger partial charge is 0.480 e. The Labute approximate surface area is 138 Å². The maximum atomic E-state index is 11.8. The van der Waals surface area contributed by atoms with Crippen molar-refractivity contribution in [2.75, 3.05) is 13.6 Å². The van der Waals surface area contributed by atoms with Crippen LogP contribution in [0.25, 0.3) is 0 Å². The normalized spacial score (nSPS) is 14.0. The highest BCUT2D eigenvalue weighted by Gasteiger charge is 2.23. The second kappa shape index (κ2) is 10.2. The van der Waals surface area contributed by atoms with Crippen LogP contribution in [0, 0.1) is 5.92 Å². The number of unbranched alkanes of at least 4 members (excludes halogenated alkanes) is 1. The van der Waals surface area contributed by atoms with Crippen LogP contribution >= 0.6 is 0 Å². The van der Waals surface area contributed by atoms with Crippen LogP contribution in [0.3, 0.4) is 0 Å². The summed E-state index contributed by atoms with van der Waals surface area (Å²) in [5.41, 5.74) is -0.560. The third-order valence-corrected chi connectivity index (χ3v) is 3.19. The lowest BCUT2D eigenvalue weighted by atomic mass is 10.1. The van der Waals surface area contributed by atoms with Crippen LogP contribution in [0.5, 0.6) is 0 Å². The van der Waals surface area contributed by atoms with Crippen LogP contribution < -0.4 is 10.6 Å². The van der Waals surface area contributed by atoms with E-state index in [0.717, 1.165) is 0 Å². The molecular weight excluding hydrogens is 300 g/mol. The van der Waals surface area contributed by atoms with Gasteiger partial charge < -0.3 is 20.5 Å². The Hall–Kier alpha value is -1.63. The monoisotopic (exact) mass is 330 g/mol. The molecule has 0 saturated carbocycles. The van der Waals surface area contributed by atoms with E-state index in [-0.39, 0.29) is 18.3 Å². The number of esters is 1. The summed E-state index contributed by atoms with van der Waals surface area (Å²) in [6.07, 6.45) is 1.98. The molecule has 0 saturated heterocycles. The van der Waals surface area contributed by atoms with Gasteiger partial charge in [-0.15, -0.1) is 0 Å². The molecule has 2 atom stereocenters. The van der Waals surface area contributed by atoms with Crippen molar-refractivity contribution in [2.45, 2.75) is 65.0 Å². The molecule has 0 aromatic rings. The Kier molecular flexibility index (Phi) is 9.48. The summed E-state index contributed by atoms with van der Waals surface area (Å²) in [4.78, 5) is 34.3. The van der Waals surface area contributed by atoms with Gasteiger partial charge in [-0.25, -0.2) is 0 Å². The fraction of sp³-hybridized carbons (Fsp3) is 0.812. The predicted octanol–water partition coefficient (Wildman–Crippen LogP) is 1.31. The first-order chi connectivity index (χ1) is 10.6. The van der Waals surface area contributed by atoms with Crippen molar-refractivity contribution in [3.8, 4) is 0 Å². The van der Waals surface area contributed by atoms with E-state index in [1.165, 1.54) is 0 Å². The van der Waals surface area contributed by atoms with Crippen molar-refractivity contribution in [3.63, 3.8) is 0 Å². The fourth-order valence-corrected chi connectivity index (χ4v) is 1.93. The van der Waals surface area contributed by atoms with Gasteiger partial charge in [-0.2, -0.15) is 0 Å². The zero-order valence-corrected chi connectivity index (χ0v) is 14.8. The van der Waals surface area contributed by atoms with Crippen LogP contribution in [0.4, 0.5) is 0 Å². The van der Waals surface area contributed by atoms with Crippen molar-refractivity contribution in [3.05, 3.63) is 0 Å². The minimum absolute atomic E-state index is 0.0865. The number of likely N-dealkylation sites (N-methyl/N-ethyl adjacent to an activating group) is 1. The number of rotatable bonds is 10. The molecule has 0 rings (SSSR count). The van der Waals surface area contributed by atoms with Gasteiger partial charge in [-0.3, -0.25) is 14.4 Å². The summed E-state index contributed by atoms with van der Waals surface area (Å²) in [5.74, 6) is -1.95. The van der Waals surface area contributed by atoms with E-state index in [4.69, 9.17) is 9.84 Å². The second-order valence-corrected chi connectivity index (χ2v) is 6.66. The van der Waals surface area contributed by atoms with Crippen molar-refractivity contribution >= 4 is 17.8 Å². The highest BCUT2D eigenvalue weighted by molar-refractivity contribution is 5.82. The Bertz CT molecular complexity index is 404. The number of ether oxygens (including phenoxy) is 1. The molecule has 0 aromatic heterocycles. The van der Waals surface area contributed by atoms with E-state index in [0.29, 0.717) is 25.8 Å². The molecule has 7 heteroatoms. The highest BCUT2D eigenvalue weighted by atomic mass is 16.6. The molecule has 0 bridgehead atoms. The van der Waals surface area contributed by atoms with Crippen molar-refractivity contribution in [1.82, 2.24) is 10.6 Å². The molecule has 7 nitrogen and oxygen atoms in total. The van der Waals surface area contributed by atoms with Gasteiger partial charge >= 0.3 is 11.9 Å². The zero-order chi connectivity index (χ0) is 18.0. The van der Waals surface area contributed by atoms with Gasteiger partial charge in [0.05, 0.1) is 5.92 Å². The first-order valence-electron chi connectivity index (χ1n) is 7.96. The maximum absolute atomic E-state index is 11.8. The standard InChI is InChI=1S/C16H30N2O5/c1-11(15(22)23-16(2,3)4)10-13(19)18-9-7-6-8-12(17-5)14(20)21/h11-12,17H,6-10H2,1-5H3,(H,18,19)(H,20,21). The van der Waals surface area contributed by atoms with E-state index < -0.39 is 23.5 Å². The van der Waals surface area contributed by atoms with Crippen LogP contribution in [-0.4, -0.2) is 48.2 Å². The number of carbonyl (C=O) groups excluding carboxylic acids is 2. The number of carboxylic acids is 1. The number of amides is 1. The third-order valence-electron chi connectivity index (χ3n) is 3.19. The predicted molar refractivity (Wildman–Crippen MR) is 87.0 cm³/mol. The molecule has 0 fully saturated rings. The number of hydrogen-bond acceptors (Lipinski definition) is 5. The summed E-state index contributed by atoms with van der Waals surface area (Å²) >= 11 is 0. The number of carbonyl (C=O) groups is 3. The van der Waals surface area contributed by atoms with Crippen molar-refractivity contribution in [2.24, 2.45) is 5.92 Å². The van der Waals surface area contributed by atoms with Gasteiger partial charge in [0, 0.05) is 13.0 Å². The van der Waals surface area contributed by atoms with Gasteiger partial charge in [0.25, 0.3) is 0 Å². The molecular formula is C16H30N2O5. The second-order valence-electron chi connectivity index (χ2n) is 6.66. The summed E-state index contributed by atoms with van der Waals surface area (Å²) < 4.78 is 5.22. The Morgan fingerprint density at radius 3 is 2.26 bits per heavy atom. The summed E-state index contributed by atoms with van der Waals surface area (Å²) in [7, 11) is 1.61. The molecule has 0 aliphatic rings. The molecule has 0 aliphatic heterocycles. The van der Waals surface area contributed by atoms with Crippen LogP contribution in [0.2, 0.25) is 0 Å². The van der Waals surface area contributed by atoms with Crippen molar-refractivity contribution in [1.29, 1.82) is 0 Å². The number of aliphatic carboxylic acids is 1. The molecule has 3 N–H and O–H groups in total. The molecule has 23 heavy (non-hydrogen) atoms. The Morgan fingerprint density at radius 2 is 1.78 bits per heavy atom. The lowest BCUT2D eigenvalue weighted by molar-refractivity contribution is -0.160. The molecule has 134 valence electrons. The van der Waals surface area contributed by atoms with E-state index in [9.17, 15) is 14.4 Å². The molecule has 0 radical (unpaired) electrons. The summed E-state index contributed by atoms with van der Waals surface area (Å²) in [6, 6.07) is -0.558. The van der Waals surface area contributed by atoms with Gasteiger partial charge in [0.15, 0.2) is 0 Å². The first kappa shape index (κ1) is 21.4. The van der Waals surface area contributed by atoms with Gasteiger partial charge in [-0.05, 0) is 47.1 Å². The number of carboxylic acid groups (broad SMARTS) is 1. The quantitative estimate of drug-likeness (QED) is 0.412. The van der Waals surface area contributed by atoms with Gasteiger partial charge in [0.1, 0.15) is 11.6 Å². The topological polar surface area (TPSA) is 105 Å². The Balaban J connectivity index is 3.91. The van der Waals surface area contributed by atoms with Crippen LogP contribution in [0.15, 0.2) is 0 Å². The van der Waals surface area contributed by atoms with Gasteiger partial charge in [-0.1, -0.05) is 6.92 Å². The van der Waals surface area contributed by atoms with Crippen LogP contribution in [0.1, 0.15) is 53.4 Å². The SMILES string of the molecule is CNC(CCCCNC(=O)CC(C)C(=O)OC(C)(C)C)C(=O)O. The van der Waals surface area contributed by atoms with Crippen molar-refractivity contribution < 1.29 is 24.2 Å². The molecule has 0 spiro atoms. The van der Waals surface area contributed by atoms with E-state index in [2.05, 4.69) is 10.6 Å². The fourth-order valence-electron chi connectivity index (χ4n) is 1.93. The highest BCUT2D eigenvalue weighted by Crippen LogP contribution is 2.13. The molecule has 1 amide bonds. The maximum Gasteiger partial charge on any atom is 0.320 e.